The summed E-state index contributed by atoms with van der Waals surface area (Å²) in [6, 6.07) is 7.59. The van der Waals surface area contributed by atoms with E-state index in [-0.39, 0.29) is 18.3 Å². The van der Waals surface area contributed by atoms with Gasteiger partial charge in [-0.1, -0.05) is 23.9 Å². The first-order valence-corrected chi connectivity index (χ1v) is 7.04. The molecule has 0 radical (unpaired) electrons. The predicted molar refractivity (Wildman–Crippen MR) is 75.4 cm³/mol. The summed E-state index contributed by atoms with van der Waals surface area (Å²) in [6.45, 7) is 2.23. The van der Waals surface area contributed by atoms with Crippen molar-refractivity contribution in [3.8, 4) is 0 Å². The van der Waals surface area contributed by atoms with E-state index in [1.165, 1.54) is 16.4 Å². The number of aliphatic hydroxyl groups excluding tert-OH is 1. The van der Waals surface area contributed by atoms with Crippen molar-refractivity contribution in [2.75, 3.05) is 17.7 Å². The minimum Gasteiger partial charge on any atom is -0.394 e. The first-order chi connectivity index (χ1) is 9.69. The highest BCUT2D eigenvalue weighted by molar-refractivity contribution is 7.99. The van der Waals surface area contributed by atoms with Gasteiger partial charge >= 0.3 is 0 Å². The zero-order valence-corrected chi connectivity index (χ0v) is 11.8. The van der Waals surface area contributed by atoms with Crippen LogP contribution in [0.15, 0.2) is 29.4 Å². The molecule has 0 spiro atoms. The number of aliphatic hydroxyl groups is 1. The van der Waals surface area contributed by atoms with Crippen LogP contribution in [0.25, 0.3) is 0 Å². The van der Waals surface area contributed by atoms with Gasteiger partial charge in [-0.25, -0.2) is 4.68 Å². The SMILES string of the molecule is Cc1cccc(NC(=O)CSc2nnnn2CCO)c1. The summed E-state index contributed by atoms with van der Waals surface area (Å²) in [5.41, 5.74) is 1.85. The van der Waals surface area contributed by atoms with Gasteiger partial charge in [-0.05, 0) is 35.0 Å². The Morgan fingerprint density at radius 1 is 1.50 bits per heavy atom. The number of nitrogens with one attached hydrogen (secondary N) is 1. The lowest BCUT2D eigenvalue weighted by Gasteiger charge is -2.05. The van der Waals surface area contributed by atoms with Crippen LogP contribution >= 0.6 is 11.8 Å². The number of hydrogen-bond donors (Lipinski definition) is 2. The van der Waals surface area contributed by atoms with E-state index in [1.807, 2.05) is 31.2 Å². The predicted octanol–water partition coefficient (Wildman–Crippen LogP) is 0.705. The molecule has 0 fully saturated rings. The molecule has 106 valence electrons. The topological polar surface area (TPSA) is 92.9 Å². The van der Waals surface area contributed by atoms with Gasteiger partial charge in [0.2, 0.25) is 11.1 Å². The fourth-order valence-corrected chi connectivity index (χ4v) is 2.29. The molecule has 1 heterocycles. The zero-order valence-electron chi connectivity index (χ0n) is 11.0. The van der Waals surface area contributed by atoms with E-state index in [0.717, 1.165) is 11.3 Å². The average Bonchev–Trinajstić information content (AvgIpc) is 2.84. The number of aromatic nitrogens is 4. The van der Waals surface area contributed by atoms with Gasteiger partial charge in [0.05, 0.1) is 18.9 Å². The van der Waals surface area contributed by atoms with E-state index in [0.29, 0.717) is 11.7 Å². The number of carbonyl (C=O) groups excluding carboxylic acids is 1. The van der Waals surface area contributed by atoms with Crippen LogP contribution in [0.2, 0.25) is 0 Å². The average molecular weight is 293 g/mol. The van der Waals surface area contributed by atoms with Crippen LogP contribution in [0.1, 0.15) is 5.56 Å². The van der Waals surface area contributed by atoms with Crippen molar-refractivity contribution in [3.63, 3.8) is 0 Å². The number of benzene rings is 1. The Morgan fingerprint density at radius 3 is 3.10 bits per heavy atom. The third-order valence-electron chi connectivity index (χ3n) is 2.45. The number of carbonyl (C=O) groups is 1. The molecule has 8 heteroatoms. The molecule has 1 aromatic heterocycles. The lowest BCUT2D eigenvalue weighted by molar-refractivity contribution is -0.113. The number of rotatable bonds is 6. The monoisotopic (exact) mass is 293 g/mol. The molecule has 2 rings (SSSR count). The Kier molecular flexibility index (Phi) is 5.08. The van der Waals surface area contributed by atoms with Gasteiger partial charge in [-0.15, -0.1) is 5.10 Å². The van der Waals surface area contributed by atoms with Crippen LogP contribution in [0.5, 0.6) is 0 Å². The standard InChI is InChI=1S/C12H15N5O2S/c1-9-3-2-4-10(7-9)13-11(19)8-20-12-14-15-16-17(12)5-6-18/h2-4,7,18H,5-6,8H2,1H3,(H,13,19). The van der Waals surface area contributed by atoms with Gasteiger partial charge in [0.1, 0.15) is 0 Å². The Bertz CT molecular complexity index is 587. The van der Waals surface area contributed by atoms with E-state index < -0.39 is 0 Å². The second-order valence-electron chi connectivity index (χ2n) is 4.11. The highest BCUT2D eigenvalue weighted by atomic mass is 32.2. The minimum atomic E-state index is -0.126. The van der Waals surface area contributed by atoms with Crippen LogP contribution in [0.4, 0.5) is 5.69 Å². The lowest BCUT2D eigenvalue weighted by atomic mass is 10.2. The van der Waals surface area contributed by atoms with Crippen molar-refractivity contribution in [1.82, 2.24) is 20.2 Å². The van der Waals surface area contributed by atoms with E-state index >= 15 is 0 Å². The van der Waals surface area contributed by atoms with Gasteiger partial charge in [0.25, 0.3) is 0 Å². The first kappa shape index (κ1) is 14.5. The van der Waals surface area contributed by atoms with Crippen molar-refractivity contribution in [3.05, 3.63) is 29.8 Å². The summed E-state index contributed by atoms with van der Waals surface area (Å²) in [5.74, 6) is 0.0823. The number of tetrazole rings is 1. The van der Waals surface area contributed by atoms with Gasteiger partial charge < -0.3 is 10.4 Å². The highest BCUT2D eigenvalue weighted by Gasteiger charge is 2.09. The smallest absolute Gasteiger partial charge is 0.234 e. The van der Waals surface area contributed by atoms with Crippen LogP contribution in [0, 0.1) is 6.92 Å². The second kappa shape index (κ2) is 7.01. The van der Waals surface area contributed by atoms with Gasteiger partial charge in [-0.2, -0.15) is 0 Å². The van der Waals surface area contributed by atoms with Crippen molar-refractivity contribution >= 4 is 23.4 Å². The molecule has 0 saturated heterocycles. The van der Waals surface area contributed by atoms with Crippen molar-refractivity contribution in [2.24, 2.45) is 0 Å². The molecule has 0 atom stereocenters. The molecular formula is C12H15N5O2S. The second-order valence-corrected chi connectivity index (χ2v) is 5.06. The molecule has 7 nitrogen and oxygen atoms in total. The number of aryl methyl sites for hydroxylation is 1. The fourth-order valence-electron chi connectivity index (χ4n) is 1.58. The minimum absolute atomic E-state index is 0.0475. The van der Waals surface area contributed by atoms with Crippen molar-refractivity contribution < 1.29 is 9.90 Å². The Morgan fingerprint density at radius 2 is 2.35 bits per heavy atom. The molecule has 1 amide bonds. The van der Waals surface area contributed by atoms with Crippen LogP contribution in [-0.4, -0.2) is 43.6 Å². The molecule has 0 aliphatic rings. The molecule has 2 aromatic rings. The summed E-state index contributed by atoms with van der Waals surface area (Å²) in [4.78, 5) is 11.8. The van der Waals surface area contributed by atoms with Crippen LogP contribution < -0.4 is 5.32 Å². The van der Waals surface area contributed by atoms with E-state index in [9.17, 15) is 4.79 Å². The van der Waals surface area contributed by atoms with Gasteiger partial charge in [-0.3, -0.25) is 4.79 Å². The first-order valence-electron chi connectivity index (χ1n) is 6.05. The fraction of sp³-hybridized carbons (Fsp3) is 0.333. The third kappa shape index (κ3) is 4.04. The lowest BCUT2D eigenvalue weighted by Crippen LogP contribution is -2.15. The van der Waals surface area contributed by atoms with Crippen LogP contribution in [-0.2, 0) is 11.3 Å². The molecule has 0 aliphatic carbocycles. The quantitative estimate of drug-likeness (QED) is 0.762. The molecule has 0 unspecified atom stereocenters. The van der Waals surface area contributed by atoms with Crippen LogP contribution in [0.3, 0.4) is 0 Å². The number of nitrogens with zero attached hydrogens (tertiary/aromatic N) is 4. The molecule has 0 bridgehead atoms. The van der Waals surface area contributed by atoms with Gasteiger partial charge in [0.15, 0.2) is 0 Å². The zero-order chi connectivity index (χ0) is 14.4. The Labute approximate surface area is 120 Å². The van der Waals surface area contributed by atoms with Gasteiger partial charge in [0, 0.05) is 5.69 Å². The van der Waals surface area contributed by atoms with E-state index in [2.05, 4.69) is 20.8 Å². The molecule has 0 saturated carbocycles. The largest absolute Gasteiger partial charge is 0.394 e. The van der Waals surface area contributed by atoms with E-state index in [1.54, 1.807) is 0 Å². The molecule has 1 aromatic carbocycles. The third-order valence-corrected chi connectivity index (χ3v) is 3.40. The number of anilines is 1. The molecule has 2 N–H and O–H groups in total. The number of thioether (sulfide) groups is 1. The summed E-state index contributed by atoms with van der Waals surface area (Å²) in [6.07, 6.45) is 0. The molecular weight excluding hydrogens is 278 g/mol. The van der Waals surface area contributed by atoms with Crippen molar-refractivity contribution in [1.29, 1.82) is 0 Å². The maximum absolute atomic E-state index is 11.8. The Hall–Kier alpha value is -1.93. The highest BCUT2D eigenvalue weighted by Crippen LogP contribution is 2.15. The summed E-state index contributed by atoms with van der Waals surface area (Å²) >= 11 is 1.23. The normalized spacial score (nSPS) is 10.5. The number of hydrogen-bond acceptors (Lipinski definition) is 6. The molecule has 20 heavy (non-hydrogen) atoms. The number of amides is 1. The van der Waals surface area contributed by atoms with Crippen molar-refractivity contribution in [2.45, 2.75) is 18.6 Å². The van der Waals surface area contributed by atoms with E-state index in [4.69, 9.17) is 5.11 Å². The summed E-state index contributed by atoms with van der Waals surface area (Å²) in [5, 5.41) is 23.2. The maximum atomic E-state index is 11.8. The Balaban J connectivity index is 1.87. The maximum Gasteiger partial charge on any atom is 0.234 e. The summed E-state index contributed by atoms with van der Waals surface area (Å²) in [7, 11) is 0. The summed E-state index contributed by atoms with van der Waals surface area (Å²) < 4.78 is 1.46. The molecule has 0 aliphatic heterocycles.